The van der Waals surface area contributed by atoms with Gasteiger partial charge in [0.15, 0.2) is 11.5 Å². The second-order valence-corrected chi connectivity index (χ2v) is 4.05. The monoisotopic (exact) mass is 210 g/mol. The van der Waals surface area contributed by atoms with Crippen molar-refractivity contribution in [3.8, 4) is 0 Å². The van der Waals surface area contributed by atoms with Crippen LogP contribution in [0.4, 0.5) is 0 Å². The standard InChI is InChI=1S/C10H14N2O3/c1-6(2)12-4-3-7-8(5-12)15-11-9(7)10(13)14/h6H,3-5H2,1-2H3,(H,13,14). The van der Waals surface area contributed by atoms with Gasteiger partial charge in [0.05, 0.1) is 6.54 Å². The second kappa shape index (κ2) is 3.66. The van der Waals surface area contributed by atoms with Crippen LogP contribution in [0.5, 0.6) is 0 Å². The molecule has 0 unspecified atom stereocenters. The highest BCUT2D eigenvalue weighted by Crippen LogP contribution is 2.23. The molecule has 0 radical (unpaired) electrons. The minimum absolute atomic E-state index is 0.0772. The Hall–Kier alpha value is -1.36. The van der Waals surface area contributed by atoms with Crippen LogP contribution in [-0.2, 0) is 13.0 Å². The van der Waals surface area contributed by atoms with Gasteiger partial charge in [-0.2, -0.15) is 0 Å². The first-order chi connectivity index (χ1) is 7.09. The molecule has 0 atom stereocenters. The van der Waals surface area contributed by atoms with Crippen LogP contribution in [0.25, 0.3) is 0 Å². The van der Waals surface area contributed by atoms with Crippen molar-refractivity contribution in [3.63, 3.8) is 0 Å². The summed E-state index contributed by atoms with van der Waals surface area (Å²) in [5.74, 6) is -0.301. The maximum Gasteiger partial charge on any atom is 0.358 e. The number of aromatic nitrogens is 1. The van der Waals surface area contributed by atoms with E-state index in [0.717, 1.165) is 12.1 Å². The lowest BCUT2D eigenvalue weighted by atomic mass is 10.0. The molecule has 1 aromatic heterocycles. The van der Waals surface area contributed by atoms with Gasteiger partial charge in [0.2, 0.25) is 0 Å². The SMILES string of the molecule is CC(C)N1CCc2c(C(=O)O)noc2C1. The van der Waals surface area contributed by atoms with Crippen molar-refractivity contribution in [1.29, 1.82) is 0 Å². The lowest BCUT2D eigenvalue weighted by molar-refractivity contribution is 0.0684. The number of rotatable bonds is 2. The van der Waals surface area contributed by atoms with E-state index in [4.69, 9.17) is 9.63 Å². The molecule has 2 rings (SSSR count). The quantitative estimate of drug-likeness (QED) is 0.792. The summed E-state index contributed by atoms with van der Waals surface area (Å²) in [7, 11) is 0. The number of nitrogens with zero attached hydrogens (tertiary/aromatic N) is 2. The van der Waals surface area contributed by atoms with Gasteiger partial charge in [-0.15, -0.1) is 0 Å². The van der Waals surface area contributed by atoms with Gasteiger partial charge in [0.1, 0.15) is 0 Å². The molecule has 0 amide bonds. The van der Waals surface area contributed by atoms with E-state index in [1.165, 1.54) is 0 Å². The first kappa shape index (κ1) is 10.2. The Bertz CT molecular complexity index is 384. The topological polar surface area (TPSA) is 66.6 Å². The minimum Gasteiger partial charge on any atom is -0.476 e. The van der Waals surface area contributed by atoms with Crippen LogP contribution in [0.3, 0.4) is 0 Å². The molecule has 0 bridgehead atoms. The van der Waals surface area contributed by atoms with E-state index in [1.54, 1.807) is 0 Å². The summed E-state index contributed by atoms with van der Waals surface area (Å²) in [6, 6.07) is 0.441. The summed E-state index contributed by atoms with van der Waals surface area (Å²) in [5.41, 5.74) is 0.841. The molecule has 0 fully saturated rings. The predicted octanol–water partition coefficient (Wildman–Crippen LogP) is 1.14. The van der Waals surface area contributed by atoms with Crippen molar-refractivity contribution >= 4 is 5.97 Å². The fourth-order valence-electron chi connectivity index (χ4n) is 1.85. The number of hydrogen-bond acceptors (Lipinski definition) is 4. The van der Waals surface area contributed by atoms with Crippen LogP contribution in [0.2, 0.25) is 0 Å². The molecule has 5 heteroatoms. The molecule has 0 saturated heterocycles. The lowest BCUT2D eigenvalue weighted by Crippen LogP contribution is -2.35. The van der Waals surface area contributed by atoms with E-state index in [9.17, 15) is 4.79 Å². The zero-order valence-corrected chi connectivity index (χ0v) is 8.86. The van der Waals surface area contributed by atoms with Gasteiger partial charge in [-0.25, -0.2) is 4.79 Å². The Labute approximate surface area is 87.7 Å². The first-order valence-corrected chi connectivity index (χ1v) is 5.04. The number of fused-ring (bicyclic) bond motifs is 1. The molecule has 0 saturated carbocycles. The average molecular weight is 210 g/mol. The minimum atomic E-state index is -1.00. The van der Waals surface area contributed by atoms with E-state index in [0.29, 0.717) is 24.8 Å². The largest absolute Gasteiger partial charge is 0.476 e. The van der Waals surface area contributed by atoms with Crippen molar-refractivity contribution in [2.75, 3.05) is 6.54 Å². The number of carboxylic acid groups (broad SMARTS) is 1. The maximum absolute atomic E-state index is 10.8. The molecule has 82 valence electrons. The Balaban J connectivity index is 2.26. The lowest BCUT2D eigenvalue weighted by Gasteiger charge is -2.28. The summed E-state index contributed by atoms with van der Waals surface area (Å²) in [6.45, 7) is 5.75. The van der Waals surface area contributed by atoms with Crippen molar-refractivity contribution in [1.82, 2.24) is 10.1 Å². The van der Waals surface area contributed by atoms with E-state index >= 15 is 0 Å². The molecule has 1 aromatic rings. The van der Waals surface area contributed by atoms with Crippen molar-refractivity contribution < 1.29 is 14.4 Å². The zero-order valence-electron chi connectivity index (χ0n) is 8.86. The molecule has 0 aliphatic carbocycles. The molecule has 0 aromatic carbocycles. The van der Waals surface area contributed by atoms with Gasteiger partial charge < -0.3 is 9.63 Å². The van der Waals surface area contributed by atoms with Gasteiger partial charge >= 0.3 is 5.97 Å². The normalized spacial score (nSPS) is 16.7. The summed E-state index contributed by atoms with van der Waals surface area (Å²) in [6.07, 6.45) is 0.707. The highest BCUT2D eigenvalue weighted by atomic mass is 16.5. The molecule has 15 heavy (non-hydrogen) atoms. The van der Waals surface area contributed by atoms with Crippen molar-refractivity contribution in [3.05, 3.63) is 17.0 Å². The van der Waals surface area contributed by atoms with Gasteiger partial charge in [-0.05, 0) is 20.3 Å². The van der Waals surface area contributed by atoms with Crippen molar-refractivity contribution in [2.24, 2.45) is 0 Å². The summed E-state index contributed by atoms with van der Waals surface area (Å²) >= 11 is 0. The number of hydrogen-bond donors (Lipinski definition) is 1. The molecular formula is C10H14N2O3. The van der Waals surface area contributed by atoms with Crippen LogP contribution in [0, 0.1) is 0 Å². The van der Waals surface area contributed by atoms with Crippen LogP contribution in [0.15, 0.2) is 4.52 Å². The summed E-state index contributed by atoms with van der Waals surface area (Å²) < 4.78 is 5.06. The molecule has 2 heterocycles. The molecule has 1 N–H and O–H groups in total. The third-order valence-corrected chi connectivity index (χ3v) is 2.80. The summed E-state index contributed by atoms with van der Waals surface area (Å²) in [4.78, 5) is 13.0. The maximum atomic E-state index is 10.8. The number of aromatic carboxylic acids is 1. The fraction of sp³-hybridized carbons (Fsp3) is 0.600. The summed E-state index contributed by atoms with van der Waals surface area (Å²) in [5, 5.41) is 12.5. The van der Waals surface area contributed by atoms with E-state index in [1.807, 2.05) is 0 Å². The number of carbonyl (C=O) groups is 1. The Morgan fingerprint density at radius 3 is 2.93 bits per heavy atom. The molecule has 0 spiro atoms. The Morgan fingerprint density at radius 1 is 1.60 bits per heavy atom. The van der Waals surface area contributed by atoms with Crippen molar-refractivity contribution in [2.45, 2.75) is 32.9 Å². The molecule has 1 aliphatic heterocycles. The van der Waals surface area contributed by atoms with Crippen LogP contribution in [-0.4, -0.2) is 33.7 Å². The van der Waals surface area contributed by atoms with Gasteiger partial charge in [-0.1, -0.05) is 5.16 Å². The van der Waals surface area contributed by atoms with E-state index in [-0.39, 0.29) is 5.69 Å². The zero-order chi connectivity index (χ0) is 11.0. The highest BCUT2D eigenvalue weighted by molar-refractivity contribution is 5.87. The van der Waals surface area contributed by atoms with Gasteiger partial charge in [0.25, 0.3) is 0 Å². The van der Waals surface area contributed by atoms with E-state index in [2.05, 4.69) is 23.9 Å². The second-order valence-electron chi connectivity index (χ2n) is 4.05. The average Bonchev–Trinajstić information content (AvgIpc) is 2.59. The Kier molecular flexibility index (Phi) is 2.48. The fourth-order valence-corrected chi connectivity index (χ4v) is 1.85. The third-order valence-electron chi connectivity index (χ3n) is 2.80. The van der Waals surface area contributed by atoms with E-state index < -0.39 is 5.97 Å². The predicted molar refractivity (Wildman–Crippen MR) is 52.7 cm³/mol. The van der Waals surface area contributed by atoms with Gasteiger partial charge in [0, 0.05) is 18.2 Å². The molecular weight excluding hydrogens is 196 g/mol. The first-order valence-electron chi connectivity index (χ1n) is 5.04. The van der Waals surface area contributed by atoms with Crippen LogP contribution in [0.1, 0.15) is 35.7 Å². The third kappa shape index (κ3) is 1.74. The van der Waals surface area contributed by atoms with Crippen LogP contribution < -0.4 is 0 Å². The molecule has 5 nitrogen and oxygen atoms in total. The molecule has 1 aliphatic rings. The van der Waals surface area contributed by atoms with Crippen LogP contribution >= 0.6 is 0 Å². The Morgan fingerprint density at radius 2 is 2.33 bits per heavy atom. The smallest absolute Gasteiger partial charge is 0.358 e. The highest BCUT2D eigenvalue weighted by Gasteiger charge is 2.27. The van der Waals surface area contributed by atoms with Gasteiger partial charge in [-0.3, -0.25) is 4.90 Å². The number of carboxylic acids is 1.